The fourth-order valence-electron chi connectivity index (χ4n) is 2.60. The molecule has 0 aliphatic rings. The highest BCUT2D eigenvalue weighted by Crippen LogP contribution is 2.35. The molecule has 2 aromatic carbocycles. The van der Waals surface area contributed by atoms with Gasteiger partial charge in [0.25, 0.3) is 0 Å². The molecule has 0 spiro atoms. The lowest BCUT2D eigenvalue weighted by molar-refractivity contribution is -0.137. The van der Waals surface area contributed by atoms with Gasteiger partial charge in [0.05, 0.1) is 11.3 Å². The first-order valence-corrected chi connectivity index (χ1v) is 8.23. The summed E-state index contributed by atoms with van der Waals surface area (Å²) in [6, 6.07) is 13.4. The minimum Gasteiger partial charge on any atom is -0.364 e. The number of amides is 1. The monoisotopic (exact) mass is 389 g/mol. The van der Waals surface area contributed by atoms with Crippen LogP contribution in [0.5, 0.6) is 0 Å². The van der Waals surface area contributed by atoms with Gasteiger partial charge in [0.2, 0.25) is 6.41 Å². The second-order valence-corrected chi connectivity index (χ2v) is 5.87. The van der Waals surface area contributed by atoms with Crippen LogP contribution in [0.4, 0.5) is 34.8 Å². The van der Waals surface area contributed by atoms with Crippen LogP contribution in [0.3, 0.4) is 0 Å². The SMILES string of the molecule is O=CN(c1cccc(C(F)(F)F)c1)c1cccnc1NCc1ccc(F)cc1. The first-order valence-electron chi connectivity index (χ1n) is 8.23. The molecular formula is C20H15F4N3O. The van der Waals surface area contributed by atoms with E-state index in [0.29, 0.717) is 24.5 Å². The highest BCUT2D eigenvalue weighted by atomic mass is 19.4. The third kappa shape index (κ3) is 4.46. The number of anilines is 3. The lowest BCUT2D eigenvalue weighted by atomic mass is 10.1. The summed E-state index contributed by atoms with van der Waals surface area (Å²) < 4.78 is 52.0. The number of carbonyl (C=O) groups is 1. The number of carbonyl (C=O) groups excluding carboxylic acids is 1. The zero-order valence-electron chi connectivity index (χ0n) is 14.4. The maximum Gasteiger partial charge on any atom is 0.416 e. The van der Waals surface area contributed by atoms with Gasteiger partial charge in [0.15, 0.2) is 5.82 Å². The van der Waals surface area contributed by atoms with Crippen molar-refractivity contribution in [3.05, 3.63) is 83.8 Å². The second kappa shape index (κ2) is 8.08. The summed E-state index contributed by atoms with van der Waals surface area (Å²) in [7, 11) is 0. The van der Waals surface area contributed by atoms with Crippen LogP contribution in [-0.4, -0.2) is 11.4 Å². The molecule has 8 heteroatoms. The fraction of sp³-hybridized carbons (Fsp3) is 0.100. The van der Waals surface area contributed by atoms with Crippen LogP contribution in [0.15, 0.2) is 66.9 Å². The van der Waals surface area contributed by atoms with Crippen molar-refractivity contribution in [3.8, 4) is 0 Å². The van der Waals surface area contributed by atoms with Gasteiger partial charge in [-0.1, -0.05) is 18.2 Å². The number of nitrogens with one attached hydrogen (secondary N) is 1. The van der Waals surface area contributed by atoms with Crippen molar-refractivity contribution in [2.45, 2.75) is 12.7 Å². The van der Waals surface area contributed by atoms with Crippen molar-refractivity contribution in [2.24, 2.45) is 0 Å². The molecule has 1 amide bonds. The first-order chi connectivity index (χ1) is 13.4. The largest absolute Gasteiger partial charge is 0.416 e. The Bertz CT molecular complexity index is 958. The maximum absolute atomic E-state index is 13.0. The van der Waals surface area contributed by atoms with E-state index in [0.717, 1.165) is 22.6 Å². The number of benzene rings is 2. The molecule has 144 valence electrons. The van der Waals surface area contributed by atoms with Crippen molar-refractivity contribution < 1.29 is 22.4 Å². The molecule has 3 rings (SSSR count). The average molecular weight is 389 g/mol. The number of hydrogen-bond donors (Lipinski definition) is 1. The Morgan fingerprint density at radius 1 is 1.04 bits per heavy atom. The Kier molecular flexibility index (Phi) is 5.58. The molecule has 0 radical (unpaired) electrons. The molecule has 0 aliphatic carbocycles. The second-order valence-electron chi connectivity index (χ2n) is 5.87. The Morgan fingerprint density at radius 2 is 1.79 bits per heavy atom. The molecule has 0 unspecified atom stereocenters. The number of alkyl halides is 3. The lowest BCUT2D eigenvalue weighted by Crippen LogP contribution is -2.18. The zero-order valence-corrected chi connectivity index (χ0v) is 14.4. The molecule has 3 aromatic rings. The predicted molar refractivity (Wildman–Crippen MR) is 97.6 cm³/mol. The smallest absolute Gasteiger partial charge is 0.364 e. The topological polar surface area (TPSA) is 45.2 Å². The van der Waals surface area contributed by atoms with E-state index < -0.39 is 11.7 Å². The van der Waals surface area contributed by atoms with E-state index in [4.69, 9.17) is 0 Å². The van der Waals surface area contributed by atoms with Crippen LogP contribution in [0.1, 0.15) is 11.1 Å². The summed E-state index contributed by atoms with van der Waals surface area (Å²) in [6.07, 6.45) is -2.61. The Hall–Kier alpha value is -3.42. The van der Waals surface area contributed by atoms with Crippen LogP contribution >= 0.6 is 0 Å². The van der Waals surface area contributed by atoms with Crippen LogP contribution in [0.2, 0.25) is 0 Å². The molecule has 0 saturated carbocycles. The third-order valence-corrected chi connectivity index (χ3v) is 3.98. The normalized spacial score (nSPS) is 11.1. The van der Waals surface area contributed by atoms with E-state index in [1.807, 2.05) is 0 Å². The zero-order chi connectivity index (χ0) is 20.1. The summed E-state index contributed by atoms with van der Waals surface area (Å²) in [5.74, 6) is -0.0599. The molecule has 0 aliphatic heterocycles. The number of rotatable bonds is 6. The van der Waals surface area contributed by atoms with Gasteiger partial charge in [-0.3, -0.25) is 9.69 Å². The van der Waals surface area contributed by atoms with E-state index in [9.17, 15) is 22.4 Å². The number of pyridine rings is 1. The molecule has 0 bridgehead atoms. The van der Waals surface area contributed by atoms with Crippen molar-refractivity contribution in [2.75, 3.05) is 10.2 Å². The van der Waals surface area contributed by atoms with E-state index in [1.54, 1.807) is 24.3 Å². The van der Waals surface area contributed by atoms with Crippen LogP contribution in [-0.2, 0) is 17.5 Å². The Labute approximate surface area is 158 Å². The molecule has 1 aromatic heterocycles. The molecule has 4 nitrogen and oxygen atoms in total. The van der Waals surface area contributed by atoms with Gasteiger partial charge >= 0.3 is 6.18 Å². The molecular weight excluding hydrogens is 374 g/mol. The summed E-state index contributed by atoms with van der Waals surface area (Å²) in [5, 5.41) is 3.02. The molecule has 28 heavy (non-hydrogen) atoms. The molecule has 1 N–H and O–H groups in total. The average Bonchev–Trinajstić information content (AvgIpc) is 2.69. The Balaban J connectivity index is 1.89. The van der Waals surface area contributed by atoms with Crippen LogP contribution in [0.25, 0.3) is 0 Å². The molecule has 0 fully saturated rings. The van der Waals surface area contributed by atoms with E-state index in [2.05, 4.69) is 10.3 Å². The summed E-state index contributed by atoms with van der Waals surface area (Å²) in [4.78, 5) is 16.9. The van der Waals surface area contributed by atoms with Gasteiger partial charge in [0, 0.05) is 18.4 Å². The first kappa shape index (κ1) is 19.3. The number of halogens is 4. The highest BCUT2D eigenvalue weighted by molar-refractivity contribution is 5.90. The third-order valence-electron chi connectivity index (χ3n) is 3.98. The predicted octanol–water partition coefficient (Wildman–Crippen LogP) is 5.15. The van der Waals surface area contributed by atoms with Gasteiger partial charge in [-0.25, -0.2) is 9.37 Å². The summed E-state index contributed by atoms with van der Waals surface area (Å²) in [5.41, 5.74) is 0.262. The standard InChI is InChI=1S/C20H15F4N3O/c21-16-8-6-14(7-9-16)12-26-19-18(5-2-10-25-19)27(13-28)17-4-1-3-15(11-17)20(22,23)24/h1-11,13H,12H2,(H,25,26). The van der Waals surface area contributed by atoms with Crippen molar-refractivity contribution in [1.82, 2.24) is 4.98 Å². The van der Waals surface area contributed by atoms with Crippen LogP contribution < -0.4 is 10.2 Å². The molecule has 0 atom stereocenters. The van der Waals surface area contributed by atoms with E-state index >= 15 is 0 Å². The lowest BCUT2D eigenvalue weighted by Gasteiger charge is -2.21. The highest BCUT2D eigenvalue weighted by Gasteiger charge is 2.31. The minimum absolute atomic E-state index is 0.0580. The van der Waals surface area contributed by atoms with Gasteiger partial charge < -0.3 is 5.32 Å². The van der Waals surface area contributed by atoms with Crippen molar-refractivity contribution >= 4 is 23.6 Å². The Morgan fingerprint density at radius 3 is 2.46 bits per heavy atom. The number of hydrogen-bond acceptors (Lipinski definition) is 3. The van der Waals surface area contributed by atoms with Crippen LogP contribution in [0, 0.1) is 5.82 Å². The van der Waals surface area contributed by atoms with Gasteiger partial charge in [-0.2, -0.15) is 13.2 Å². The summed E-state index contributed by atoms with van der Waals surface area (Å²) in [6.45, 7) is 0.291. The van der Waals surface area contributed by atoms with Crippen molar-refractivity contribution in [1.29, 1.82) is 0 Å². The van der Waals surface area contributed by atoms with Crippen molar-refractivity contribution in [3.63, 3.8) is 0 Å². The number of nitrogens with zero attached hydrogens (tertiary/aromatic N) is 2. The summed E-state index contributed by atoms with van der Waals surface area (Å²) >= 11 is 0. The van der Waals surface area contributed by atoms with Gasteiger partial charge in [0.1, 0.15) is 5.82 Å². The molecule has 1 heterocycles. The van der Waals surface area contributed by atoms with Gasteiger partial charge in [-0.05, 0) is 48.0 Å². The van der Waals surface area contributed by atoms with E-state index in [1.165, 1.54) is 30.5 Å². The van der Waals surface area contributed by atoms with Gasteiger partial charge in [-0.15, -0.1) is 0 Å². The quantitative estimate of drug-likeness (QED) is 0.469. The minimum atomic E-state index is -4.52. The number of aromatic nitrogens is 1. The fourth-order valence-corrected chi connectivity index (χ4v) is 2.60. The van der Waals surface area contributed by atoms with E-state index in [-0.39, 0.29) is 11.5 Å². The maximum atomic E-state index is 13.0. The molecule has 0 saturated heterocycles.